The number of amides is 1. The molecule has 0 radical (unpaired) electrons. The average molecular weight is 420 g/mol. The van der Waals surface area contributed by atoms with E-state index in [4.69, 9.17) is 20.9 Å². The number of aliphatic hydroxyl groups excluding tert-OH is 1. The van der Waals surface area contributed by atoms with Crippen molar-refractivity contribution in [3.05, 3.63) is 70.7 Å². The van der Waals surface area contributed by atoms with Gasteiger partial charge in [-0.05, 0) is 50.6 Å². The summed E-state index contributed by atoms with van der Waals surface area (Å²) in [4.78, 5) is 12.4. The minimum absolute atomic E-state index is 0.389. The second-order valence-corrected chi connectivity index (χ2v) is 8.21. The predicted octanol–water partition coefficient (Wildman–Crippen LogP) is 3.75. The molecule has 1 heterocycles. The summed E-state index contributed by atoms with van der Waals surface area (Å²) < 4.78 is 27.5. The van der Waals surface area contributed by atoms with Gasteiger partial charge in [0, 0.05) is 16.5 Å². The van der Waals surface area contributed by atoms with Crippen LogP contribution in [-0.2, 0) is 9.31 Å². The number of aliphatic hydroxyl groups is 1. The normalized spacial score (nSPS) is 22.9. The van der Waals surface area contributed by atoms with Gasteiger partial charge in [0.2, 0.25) is 5.91 Å². The molecular formula is C21H24BClFNO4. The number of hydrogen-bond acceptors (Lipinski definition) is 4. The van der Waals surface area contributed by atoms with Crippen molar-refractivity contribution in [2.45, 2.75) is 44.1 Å². The summed E-state index contributed by atoms with van der Waals surface area (Å²) in [5.41, 5.74) is -1.51. The monoisotopic (exact) mass is 419 g/mol. The van der Waals surface area contributed by atoms with Gasteiger partial charge in [0.25, 0.3) is 0 Å². The maximum atomic E-state index is 15.8. The van der Waals surface area contributed by atoms with Gasteiger partial charge >= 0.3 is 7.25 Å². The molecule has 154 valence electrons. The van der Waals surface area contributed by atoms with Crippen LogP contribution in [0, 0.1) is 0 Å². The van der Waals surface area contributed by atoms with Gasteiger partial charge in [-0.2, -0.15) is 0 Å². The van der Waals surface area contributed by atoms with Crippen molar-refractivity contribution >= 4 is 24.8 Å². The molecule has 1 aliphatic heterocycles. The van der Waals surface area contributed by atoms with Crippen LogP contribution < -0.4 is 5.23 Å². The van der Waals surface area contributed by atoms with Crippen LogP contribution >= 0.6 is 11.6 Å². The Labute approximate surface area is 175 Å². The Kier molecular flexibility index (Phi) is 6.34. The molecule has 1 fully saturated rings. The summed E-state index contributed by atoms with van der Waals surface area (Å²) in [6.07, 6.45) is -1.63. The highest BCUT2D eigenvalue weighted by molar-refractivity contribution is 6.47. The van der Waals surface area contributed by atoms with Crippen molar-refractivity contribution in [3.8, 4) is 0 Å². The summed E-state index contributed by atoms with van der Waals surface area (Å²) in [6.45, 7) is 4.54. The smallest absolute Gasteiger partial charge is 0.396 e. The fraction of sp³-hybridized carbons (Fsp3) is 0.381. The highest BCUT2D eigenvalue weighted by Crippen LogP contribution is 2.45. The number of rotatable bonds is 6. The number of benzene rings is 2. The summed E-state index contributed by atoms with van der Waals surface area (Å²) in [6, 6.07) is 15.3. The average Bonchev–Trinajstić information content (AvgIpc) is 2.92. The molecule has 3 rings (SSSR count). The summed E-state index contributed by atoms with van der Waals surface area (Å²) >= 11 is 6.03. The molecule has 1 aliphatic rings. The fourth-order valence-corrected chi connectivity index (χ4v) is 3.70. The van der Waals surface area contributed by atoms with E-state index in [0.29, 0.717) is 16.1 Å². The molecule has 0 aliphatic carbocycles. The van der Waals surface area contributed by atoms with Crippen molar-refractivity contribution in [2.24, 2.45) is 0 Å². The van der Waals surface area contributed by atoms with Crippen molar-refractivity contribution < 1.29 is 23.6 Å². The number of alkyl halides is 1. The largest absolute Gasteiger partial charge is 0.594 e. The summed E-state index contributed by atoms with van der Waals surface area (Å²) in [5, 5.41) is 13.0. The van der Waals surface area contributed by atoms with Gasteiger partial charge in [0.1, 0.15) is 11.8 Å². The third-order valence-corrected chi connectivity index (χ3v) is 5.82. The summed E-state index contributed by atoms with van der Waals surface area (Å²) in [5.74, 6) is -1.26. The lowest BCUT2D eigenvalue weighted by Gasteiger charge is -2.41. The number of nitrogens with one attached hydrogen (secondary N) is 1. The van der Waals surface area contributed by atoms with Crippen LogP contribution in [0.2, 0.25) is 5.02 Å². The minimum Gasteiger partial charge on any atom is -0.396 e. The van der Waals surface area contributed by atoms with Gasteiger partial charge < -0.3 is 19.6 Å². The first-order valence-corrected chi connectivity index (χ1v) is 9.77. The quantitative estimate of drug-likeness (QED) is 0.700. The topological polar surface area (TPSA) is 67.8 Å². The molecule has 1 amide bonds. The van der Waals surface area contributed by atoms with Crippen LogP contribution in [0.25, 0.3) is 0 Å². The first-order chi connectivity index (χ1) is 13.7. The molecule has 1 saturated heterocycles. The van der Waals surface area contributed by atoms with Crippen LogP contribution in [0.4, 0.5) is 4.39 Å². The molecule has 0 spiro atoms. The van der Waals surface area contributed by atoms with Crippen LogP contribution in [0.3, 0.4) is 0 Å². The molecule has 5 nitrogen and oxygen atoms in total. The molecule has 3 atom stereocenters. The third-order valence-electron chi connectivity index (χ3n) is 5.59. The fourth-order valence-electron chi connectivity index (χ4n) is 3.50. The zero-order valence-electron chi connectivity index (χ0n) is 16.6. The lowest BCUT2D eigenvalue weighted by molar-refractivity contribution is -0.0791. The van der Waals surface area contributed by atoms with Crippen LogP contribution in [0.15, 0.2) is 54.6 Å². The van der Waals surface area contributed by atoms with E-state index < -0.39 is 37.2 Å². The number of carbonyl (C=O) groups excluding carboxylic acids is 1. The van der Waals surface area contributed by atoms with Gasteiger partial charge in [0.05, 0.1) is 12.2 Å². The number of hydrogen-bond donors (Lipinski definition) is 2. The van der Waals surface area contributed by atoms with Crippen molar-refractivity contribution in [2.75, 3.05) is 6.61 Å². The van der Waals surface area contributed by atoms with Gasteiger partial charge in [-0.3, -0.25) is 4.79 Å². The predicted molar refractivity (Wildman–Crippen MR) is 110 cm³/mol. The second-order valence-electron chi connectivity index (χ2n) is 7.77. The Morgan fingerprint density at radius 2 is 1.86 bits per heavy atom. The van der Waals surface area contributed by atoms with Gasteiger partial charge in [-0.25, -0.2) is 4.39 Å². The van der Waals surface area contributed by atoms with Crippen LogP contribution in [0.1, 0.15) is 42.6 Å². The van der Waals surface area contributed by atoms with Crippen molar-refractivity contribution in [1.29, 1.82) is 0 Å². The van der Waals surface area contributed by atoms with E-state index in [0.717, 1.165) is 0 Å². The zero-order chi connectivity index (χ0) is 21.2. The standard InChI is InChI=1S/C21H24BClFNO4/c1-20(2)21(3,18(24)17(13-26)15-10-7-11-16(23)12-15)29-22(28-20)25-19(27)14-8-5-4-6-9-14/h4-12,17-18,26H,13H2,1-3H3,(H,25,27). The molecule has 29 heavy (non-hydrogen) atoms. The van der Waals surface area contributed by atoms with Gasteiger partial charge in [0.15, 0.2) is 0 Å². The lowest BCUT2D eigenvalue weighted by Crippen LogP contribution is -2.54. The Morgan fingerprint density at radius 1 is 1.17 bits per heavy atom. The molecule has 2 N–H and O–H groups in total. The maximum absolute atomic E-state index is 15.8. The zero-order valence-corrected chi connectivity index (χ0v) is 17.3. The van der Waals surface area contributed by atoms with E-state index in [1.54, 1.807) is 75.4 Å². The molecule has 8 heteroatoms. The van der Waals surface area contributed by atoms with Crippen LogP contribution in [0.5, 0.6) is 0 Å². The summed E-state index contributed by atoms with van der Waals surface area (Å²) in [7, 11) is -1.13. The maximum Gasteiger partial charge on any atom is 0.594 e. The van der Waals surface area contributed by atoms with Crippen molar-refractivity contribution in [3.63, 3.8) is 0 Å². The first-order valence-electron chi connectivity index (χ1n) is 9.40. The Balaban J connectivity index is 1.81. The highest BCUT2D eigenvalue weighted by Gasteiger charge is 2.61. The number of carbonyl (C=O) groups is 1. The Morgan fingerprint density at radius 3 is 2.48 bits per heavy atom. The Hall–Kier alpha value is -1.93. The molecule has 3 unspecified atom stereocenters. The highest BCUT2D eigenvalue weighted by atomic mass is 35.5. The Bertz CT molecular complexity index is 869. The molecule has 0 bridgehead atoms. The minimum atomic E-state index is -1.63. The molecule has 2 aromatic rings. The van der Waals surface area contributed by atoms with E-state index in [1.165, 1.54) is 0 Å². The van der Waals surface area contributed by atoms with Gasteiger partial charge in [-0.15, -0.1) is 0 Å². The lowest BCUT2D eigenvalue weighted by atomic mass is 9.76. The second kappa shape index (κ2) is 8.44. The molecule has 0 saturated carbocycles. The van der Waals surface area contributed by atoms with Gasteiger partial charge in [-0.1, -0.05) is 41.9 Å². The van der Waals surface area contributed by atoms with E-state index >= 15 is 4.39 Å². The molecule has 2 aromatic carbocycles. The first kappa shape index (κ1) is 21.8. The van der Waals surface area contributed by atoms with E-state index in [-0.39, 0.29) is 5.91 Å². The molecular weight excluding hydrogens is 395 g/mol. The van der Waals surface area contributed by atoms with E-state index in [1.807, 2.05) is 0 Å². The van der Waals surface area contributed by atoms with Crippen molar-refractivity contribution in [1.82, 2.24) is 5.23 Å². The van der Waals surface area contributed by atoms with E-state index in [9.17, 15) is 9.90 Å². The SMILES string of the molecule is CC1(C)OB(NC(=O)c2ccccc2)OC1(C)C(F)C(CO)c1cccc(Cl)c1. The third kappa shape index (κ3) is 4.33. The number of halogens is 2. The molecule has 0 aromatic heterocycles. The van der Waals surface area contributed by atoms with E-state index in [2.05, 4.69) is 5.23 Å². The van der Waals surface area contributed by atoms with Crippen LogP contribution in [-0.4, -0.2) is 42.2 Å².